The van der Waals surface area contributed by atoms with Gasteiger partial charge in [0, 0.05) is 6.54 Å². The van der Waals surface area contributed by atoms with Crippen LogP contribution in [0.25, 0.3) is 0 Å². The average Bonchev–Trinajstić information content (AvgIpc) is 2.30. The minimum Gasteiger partial charge on any atom is -0.493 e. The molecule has 16 heavy (non-hydrogen) atoms. The monoisotopic (exact) mass is 218 g/mol. The van der Waals surface area contributed by atoms with Gasteiger partial charge in [-0.25, -0.2) is 0 Å². The molecular formula is C12H14N2O2. The van der Waals surface area contributed by atoms with Gasteiger partial charge in [-0.05, 0) is 31.2 Å². The van der Waals surface area contributed by atoms with Gasteiger partial charge in [-0.2, -0.15) is 5.26 Å². The van der Waals surface area contributed by atoms with Gasteiger partial charge in [0.1, 0.15) is 5.75 Å². The van der Waals surface area contributed by atoms with E-state index in [9.17, 15) is 4.79 Å². The highest BCUT2D eigenvalue weighted by Crippen LogP contribution is 2.11. The second kappa shape index (κ2) is 6.46. The summed E-state index contributed by atoms with van der Waals surface area (Å²) in [5.74, 6) is 0.652. The number of carbonyl (C=O) groups excluding carboxylic acids is 1. The Bertz CT molecular complexity index is 379. The Kier molecular flexibility index (Phi) is 4.87. The molecule has 0 aliphatic rings. The Morgan fingerprint density at radius 2 is 2.12 bits per heavy atom. The zero-order valence-corrected chi connectivity index (χ0v) is 9.19. The first-order valence-corrected chi connectivity index (χ1v) is 5.16. The zero-order valence-electron chi connectivity index (χ0n) is 9.19. The van der Waals surface area contributed by atoms with Crippen molar-refractivity contribution in [2.45, 2.75) is 13.3 Å². The van der Waals surface area contributed by atoms with Crippen molar-refractivity contribution < 1.29 is 9.53 Å². The average molecular weight is 218 g/mol. The van der Waals surface area contributed by atoms with Crippen LogP contribution >= 0.6 is 0 Å². The Labute approximate surface area is 94.8 Å². The lowest BCUT2D eigenvalue weighted by Crippen LogP contribution is -2.24. The number of nitrogens with zero attached hydrogens (tertiary/aromatic N) is 1. The fourth-order valence-corrected chi connectivity index (χ4v) is 1.17. The topological polar surface area (TPSA) is 62.1 Å². The Hall–Kier alpha value is -2.02. The summed E-state index contributed by atoms with van der Waals surface area (Å²) >= 11 is 0. The molecule has 0 fully saturated rings. The number of benzene rings is 1. The minimum atomic E-state index is -0.0175. The van der Waals surface area contributed by atoms with Gasteiger partial charge in [-0.3, -0.25) is 4.79 Å². The van der Waals surface area contributed by atoms with Gasteiger partial charge in [0.05, 0.1) is 24.7 Å². The van der Waals surface area contributed by atoms with Gasteiger partial charge < -0.3 is 10.1 Å². The van der Waals surface area contributed by atoms with Crippen LogP contribution in [-0.2, 0) is 4.79 Å². The maximum Gasteiger partial charge on any atom is 0.223 e. The second-order valence-corrected chi connectivity index (χ2v) is 3.19. The first-order valence-electron chi connectivity index (χ1n) is 5.16. The molecule has 1 amide bonds. The van der Waals surface area contributed by atoms with Gasteiger partial charge in [-0.15, -0.1) is 0 Å². The molecule has 1 N–H and O–H groups in total. The summed E-state index contributed by atoms with van der Waals surface area (Å²) in [6, 6.07) is 8.83. The molecule has 84 valence electrons. The highest BCUT2D eigenvalue weighted by Gasteiger charge is 2.00. The van der Waals surface area contributed by atoms with Crippen molar-refractivity contribution in [2.75, 3.05) is 13.2 Å². The van der Waals surface area contributed by atoms with Crippen LogP contribution in [-0.4, -0.2) is 19.1 Å². The van der Waals surface area contributed by atoms with Crippen molar-refractivity contribution in [1.29, 1.82) is 5.26 Å². The molecule has 4 nitrogen and oxygen atoms in total. The summed E-state index contributed by atoms with van der Waals surface area (Å²) in [5, 5.41) is 11.3. The lowest BCUT2D eigenvalue weighted by molar-refractivity contribution is -0.121. The molecule has 1 aromatic rings. The number of nitriles is 1. The molecule has 0 bridgehead atoms. The molecule has 0 aromatic heterocycles. The fourth-order valence-electron chi connectivity index (χ4n) is 1.17. The van der Waals surface area contributed by atoms with Crippen molar-refractivity contribution in [1.82, 2.24) is 5.32 Å². The van der Waals surface area contributed by atoms with Gasteiger partial charge >= 0.3 is 0 Å². The summed E-state index contributed by atoms with van der Waals surface area (Å²) in [4.78, 5) is 11.1. The normalized spacial score (nSPS) is 9.25. The highest BCUT2D eigenvalue weighted by molar-refractivity contribution is 5.75. The van der Waals surface area contributed by atoms with E-state index in [0.717, 1.165) is 0 Å². The molecule has 0 atom stereocenters. The molecule has 1 rings (SSSR count). The third-order valence-electron chi connectivity index (χ3n) is 1.96. The summed E-state index contributed by atoms with van der Waals surface area (Å²) < 4.78 is 5.35. The smallest absolute Gasteiger partial charge is 0.223 e. The van der Waals surface area contributed by atoms with Crippen molar-refractivity contribution in [2.24, 2.45) is 0 Å². The second-order valence-electron chi connectivity index (χ2n) is 3.19. The van der Waals surface area contributed by atoms with E-state index in [4.69, 9.17) is 10.00 Å². The van der Waals surface area contributed by atoms with Gasteiger partial charge in [0.15, 0.2) is 0 Å². The van der Waals surface area contributed by atoms with Crippen LogP contribution in [0.5, 0.6) is 5.75 Å². The van der Waals surface area contributed by atoms with Gasteiger partial charge in [-0.1, -0.05) is 0 Å². The molecular weight excluding hydrogens is 204 g/mol. The molecule has 1 aromatic carbocycles. The summed E-state index contributed by atoms with van der Waals surface area (Å²) in [7, 11) is 0. The highest BCUT2D eigenvalue weighted by atomic mass is 16.5. The van der Waals surface area contributed by atoms with Crippen LogP contribution in [0.4, 0.5) is 0 Å². The molecule has 0 saturated heterocycles. The molecule has 0 heterocycles. The number of nitrogens with one attached hydrogen (secondary N) is 1. The van der Waals surface area contributed by atoms with Crippen molar-refractivity contribution in [3.8, 4) is 11.8 Å². The standard InChI is InChI=1S/C12H14N2O2/c1-2-14-12(15)7-8-16-11-5-3-10(9-13)4-6-11/h3-6H,2,7-8H2,1H3,(H,14,15). The van der Waals surface area contributed by atoms with E-state index in [1.807, 2.05) is 13.0 Å². The predicted molar refractivity (Wildman–Crippen MR) is 60.0 cm³/mol. The number of rotatable bonds is 5. The van der Waals surface area contributed by atoms with E-state index in [-0.39, 0.29) is 5.91 Å². The number of hydrogen-bond donors (Lipinski definition) is 1. The van der Waals surface area contributed by atoms with Crippen LogP contribution in [0, 0.1) is 11.3 Å². The number of hydrogen-bond acceptors (Lipinski definition) is 3. The number of amides is 1. The van der Waals surface area contributed by atoms with E-state index in [2.05, 4.69) is 5.32 Å². The molecule has 0 saturated carbocycles. The molecule has 0 unspecified atom stereocenters. The number of ether oxygens (including phenoxy) is 1. The lowest BCUT2D eigenvalue weighted by Gasteiger charge is -2.05. The van der Waals surface area contributed by atoms with E-state index in [1.54, 1.807) is 24.3 Å². The van der Waals surface area contributed by atoms with Gasteiger partial charge in [0.25, 0.3) is 0 Å². The van der Waals surface area contributed by atoms with E-state index in [0.29, 0.717) is 30.9 Å². The quantitative estimate of drug-likeness (QED) is 0.813. The summed E-state index contributed by atoms with van der Waals surface area (Å²) in [6.45, 7) is 2.85. The Balaban J connectivity index is 2.32. The fraction of sp³-hybridized carbons (Fsp3) is 0.333. The van der Waals surface area contributed by atoms with Crippen LogP contribution < -0.4 is 10.1 Å². The van der Waals surface area contributed by atoms with Crippen LogP contribution in [0.2, 0.25) is 0 Å². The SMILES string of the molecule is CCNC(=O)CCOc1ccc(C#N)cc1. The van der Waals surface area contributed by atoms with E-state index < -0.39 is 0 Å². The third-order valence-corrected chi connectivity index (χ3v) is 1.96. The van der Waals surface area contributed by atoms with Crippen LogP contribution in [0.3, 0.4) is 0 Å². The van der Waals surface area contributed by atoms with Gasteiger partial charge in [0.2, 0.25) is 5.91 Å². The molecule has 0 radical (unpaired) electrons. The molecule has 0 aliphatic carbocycles. The lowest BCUT2D eigenvalue weighted by atomic mass is 10.2. The summed E-state index contributed by atoms with van der Waals surface area (Å²) in [5.41, 5.74) is 0.594. The van der Waals surface area contributed by atoms with Crippen LogP contribution in [0.1, 0.15) is 18.9 Å². The maximum atomic E-state index is 11.1. The van der Waals surface area contributed by atoms with Crippen molar-refractivity contribution in [3.63, 3.8) is 0 Å². The first kappa shape index (κ1) is 12.1. The minimum absolute atomic E-state index is 0.0175. The first-order chi connectivity index (χ1) is 7.76. The zero-order chi connectivity index (χ0) is 11.8. The van der Waals surface area contributed by atoms with E-state index in [1.165, 1.54) is 0 Å². The maximum absolute atomic E-state index is 11.1. The van der Waals surface area contributed by atoms with E-state index >= 15 is 0 Å². The molecule has 0 spiro atoms. The summed E-state index contributed by atoms with van der Waals surface area (Å²) in [6.07, 6.45) is 0.341. The molecule has 0 aliphatic heterocycles. The largest absolute Gasteiger partial charge is 0.493 e. The third kappa shape index (κ3) is 4.01. The predicted octanol–water partition coefficient (Wildman–Crippen LogP) is 1.46. The van der Waals surface area contributed by atoms with Crippen molar-refractivity contribution in [3.05, 3.63) is 29.8 Å². The molecule has 4 heteroatoms. The number of carbonyl (C=O) groups is 1. The Morgan fingerprint density at radius 3 is 2.69 bits per heavy atom. The Morgan fingerprint density at radius 1 is 1.44 bits per heavy atom. The van der Waals surface area contributed by atoms with Crippen LogP contribution in [0.15, 0.2) is 24.3 Å². The van der Waals surface area contributed by atoms with Crippen molar-refractivity contribution >= 4 is 5.91 Å².